The number of aryl methyl sites for hydroxylation is 4. The Morgan fingerprint density at radius 3 is 2.05 bits per heavy atom. The van der Waals surface area contributed by atoms with E-state index in [-0.39, 0.29) is 6.04 Å². The third-order valence-corrected chi connectivity index (χ3v) is 4.21. The monoisotopic (exact) mass is 281 g/mol. The topological polar surface area (TPSA) is 26.0 Å². The molecule has 2 N–H and O–H groups in total. The molecule has 0 aliphatic carbocycles. The summed E-state index contributed by atoms with van der Waals surface area (Å²) >= 11 is 0. The highest BCUT2D eigenvalue weighted by atomic mass is 14.6. The van der Waals surface area contributed by atoms with E-state index in [0.717, 1.165) is 6.42 Å². The van der Waals surface area contributed by atoms with Crippen molar-refractivity contribution >= 4 is 0 Å². The van der Waals surface area contributed by atoms with E-state index in [1.165, 1.54) is 46.2 Å². The number of hydrogen-bond acceptors (Lipinski definition) is 1. The van der Waals surface area contributed by atoms with Crippen LogP contribution in [0.5, 0.6) is 0 Å². The Morgan fingerprint density at radius 2 is 1.52 bits per heavy atom. The van der Waals surface area contributed by atoms with E-state index in [4.69, 9.17) is 5.73 Å². The fraction of sp³-hybridized carbons (Fsp3) is 0.400. The zero-order valence-electron chi connectivity index (χ0n) is 13.7. The van der Waals surface area contributed by atoms with E-state index in [9.17, 15) is 0 Å². The first-order valence-corrected chi connectivity index (χ1v) is 7.95. The van der Waals surface area contributed by atoms with Gasteiger partial charge in [-0.05, 0) is 61.4 Å². The van der Waals surface area contributed by atoms with Crippen molar-refractivity contribution in [2.75, 3.05) is 0 Å². The van der Waals surface area contributed by atoms with Gasteiger partial charge in [0.1, 0.15) is 0 Å². The summed E-state index contributed by atoms with van der Waals surface area (Å²) in [5.41, 5.74) is 14.3. The first kappa shape index (κ1) is 15.8. The molecule has 0 aliphatic heterocycles. The third-order valence-electron chi connectivity index (χ3n) is 4.21. The summed E-state index contributed by atoms with van der Waals surface area (Å²) in [6.07, 6.45) is 3.65. The molecule has 0 bridgehead atoms. The molecule has 0 aromatic heterocycles. The molecule has 2 aromatic carbocycles. The van der Waals surface area contributed by atoms with Crippen LogP contribution in [0, 0.1) is 20.8 Å². The predicted octanol–water partition coefficient (Wildman–Crippen LogP) is 5.00. The van der Waals surface area contributed by atoms with Crippen LogP contribution >= 0.6 is 0 Å². The van der Waals surface area contributed by atoms with Gasteiger partial charge in [0, 0.05) is 0 Å². The fourth-order valence-electron chi connectivity index (χ4n) is 3.12. The van der Waals surface area contributed by atoms with Crippen molar-refractivity contribution in [2.24, 2.45) is 5.73 Å². The van der Waals surface area contributed by atoms with Crippen LogP contribution in [0.4, 0.5) is 0 Å². The average Bonchev–Trinajstić information content (AvgIpc) is 2.44. The van der Waals surface area contributed by atoms with Crippen molar-refractivity contribution in [3.63, 3.8) is 0 Å². The first-order valence-electron chi connectivity index (χ1n) is 7.95. The summed E-state index contributed by atoms with van der Waals surface area (Å²) in [6.45, 7) is 8.68. The molecule has 1 unspecified atom stereocenters. The van der Waals surface area contributed by atoms with Gasteiger partial charge in [0.25, 0.3) is 0 Å². The average molecular weight is 281 g/mol. The molecule has 0 saturated carbocycles. The zero-order chi connectivity index (χ0) is 15.4. The SMILES string of the molecule is CCCCc1ccc(C(N)c2c(C)cc(C)cc2C)cc1. The lowest BCUT2D eigenvalue weighted by Crippen LogP contribution is -2.15. The first-order chi connectivity index (χ1) is 10.0. The minimum atomic E-state index is -0.0363. The maximum atomic E-state index is 6.52. The minimum absolute atomic E-state index is 0.0363. The number of hydrogen-bond donors (Lipinski definition) is 1. The van der Waals surface area contributed by atoms with Crippen molar-refractivity contribution in [1.29, 1.82) is 0 Å². The summed E-state index contributed by atoms with van der Waals surface area (Å²) in [4.78, 5) is 0. The van der Waals surface area contributed by atoms with Gasteiger partial charge in [0.2, 0.25) is 0 Å². The number of benzene rings is 2. The van der Waals surface area contributed by atoms with Gasteiger partial charge in [-0.15, -0.1) is 0 Å². The highest BCUT2D eigenvalue weighted by Crippen LogP contribution is 2.27. The lowest BCUT2D eigenvalue weighted by atomic mass is 9.90. The van der Waals surface area contributed by atoms with Crippen molar-refractivity contribution in [3.8, 4) is 0 Å². The Balaban J connectivity index is 2.26. The number of rotatable bonds is 5. The smallest absolute Gasteiger partial charge is 0.0556 e. The zero-order valence-corrected chi connectivity index (χ0v) is 13.7. The predicted molar refractivity (Wildman–Crippen MR) is 91.7 cm³/mol. The Hall–Kier alpha value is -1.60. The van der Waals surface area contributed by atoms with Gasteiger partial charge in [0.05, 0.1) is 6.04 Å². The van der Waals surface area contributed by atoms with E-state index in [1.807, 2.05) is 0 Å². The molecule has 2 aromatic rings. The lowest BCUT2D eigenvalue weighted by molar-refractivity contribution is 0.792. The van der Waals surface area contributed by atoms with Crippen LogP contribution in [0.3, 0.4) is 0 Å². The van der Waals surface area contributed by atoms with Gasteiger partial charge >= 0.3 is 0 Å². The molecule has 2 rings (SSSR count). The Bertz CT molecular complexity index is 573. The maximum absolute atomic E-state index is 6.52. The molecule has 0 radical (unpaired) electrons. The van der Waals surface area contributed by atoms with Crippen LogP contribution in [0.1, 0.15) is 59.2 Å². The highest BCUT2D eigenvalue weighted by molar-refractivity contribution is 5.44. The molecule has 0 fully saturated rings. The van der Waals surface area contributed by atoms with Crippen molar-refractivity contribution in [3.05, 3.63) is 69.8 Å². The molecular weight excluding hydrogens is 254 g/mol. The highest BCUT2D eigenvalue weighted by Gasteiger charge is 2.14. The maximum Gasteiger partial charge on any atom is 0.0556 e. The van der Waals surface area contributed by atoms with Crippen LogP contribution in [-0.2, 0) is 6.42 Å². The quantitative estimate of drug-likeness (QED) is 0.819. The van der Waals surface area contributed by atoms with E-state index in [2.05, 4.69) is 64.1 Å². The van der Waals surface area contributed by atoms with E-state index in [1.54, 1.807) is 0 Å². The number of unbranched alkanes of at least 4 members (excludes halogenated alkanes) is 1. The van der Waals surface area contributed by atoms with Crippen LogP contribution in [0.15, 0.2) is 36.4 Å². The molecule has 0 saturated heterocycles. The summed E-state index contributed by atoms with van der Waals surface area (Å²) < 4.78 is 0. The van der Waals surface area contributed by atoms with Gasteiger partial charge in [-0.1, -0.05) is 55.3 Å². The summed E-state index contributed by atoms with van der Waals surface area (Å²) in [7, 11) is 0. The van der Waals surface area contributed by atoms with Gasteiger partial charge in [-0.25, -0.2) is 0 Å². The van der Waals surface area contributed by atoms with Crippen LogP contribution in [-0.4, -0.2) is 0 Å². The second-order valence-electron chi connectivity index (χ2n) is 6.14. The van der Waals surface area contributed by atoms with Gasteiger partial charge < -0.3 is 5.73 Å². The van der Waals surface area contributed by atoms with Crippen LogP contribution < -0.4 is 5.73 Å². The molecule has 0 amide bonds. The van der Waals surface area contributed by atoms with Gasteiger partial charge in [-0.3, -0.25) is 0 Å². The Kier molecular flexibility index (Phi) is 5.19. The lowest BCUT2D eigenvalue weighted by Gasteiger charge is -2.19. The van der Waals surface area contributed by atoms with E-state index >= 15 is 0 Å². The Labute approximate surface area is 129 Å². The summed E-state index contributed by atoms with van der Waals surface area (Å²) in [6, 6.07) is 13.2. The second-order valence-corrected chi connectivity index (χ2v) is 6.14. The van der Waals surface area contributed by atoms with E-state index in [0.29, 0.717) is 0 Å². The summed E-state index contributed by atoms with van der Waals surface area (Å²) in [5.74, 6) is 0. The molecule has 0 aliphatic rings. The standard InChI is InChI=1S/C20H27N/c1-5-6-7-17-8-10-18(11-9-17)20(21)19-15(3)12-14(2)13-16(19)4/h8-13,20H,5-7,21H2,1-4H3. The molecule has 1 heteroatoms. The largest absolute Gasteiger partial charge is 0.320 e. The minimum Gasteiger partial charge on any atom is -0.320 e. The van der Waals surface area contributed by atoms with E-state index < -0.39 is 0 Å². The molecule has 1 nitrogen and oxygen atoms in total. The molecule has 1 atom stereocenters. The molecular formula is C20H27N. The van der Waals surface area contributed by atoms with Gasteiger partial charge in [-0.2, -0.15) is 0 Å². The summed E-state index contributed by atoms with van der Waals surface area (Å²) in [5, 5.41) is 0. The molecule has 0 spiro atoms. The van der Waals surface area contributed by atoms with Crippen LogP contribution in [0.2, 0.25) is 0 Å². The van der Waals surface area contributed by atoms with Crippen molar-refractivity contribution < 1.29 is 0 Å². The van der Waals surface area contributed by atoms with Crippen LogP contribution in [0.25, 0.3) is 0 Å². The van der Waals surface area contributed by atoms with Crippen molar-refractivity contribution in [1.82, 2.24) is 0 Å². The molecule has 0 heterocycles. The second kappa shape index (κ2) is 6.91. The Morgan fingerprint density at radius 1 is 0.952 bits per heavy atom. The van der Waals surface area contributed by atoms with Gasteiger partial charge in [0.15, 0.2) is 0 Å². The molecule has 112 valence electrons. The van der Waals surface area contributed by atoms with Crippen molar-refractivity contribution in [2.45, 2.75) is 53.0 Å². The number of nitrogens with two attached hydrogens (primary N) is 1. The normalized spacial score (nSPS) is 12.4. The fourth-order valence-corrected chi connectivity index (χ4v) is 3.12. The third kappa shape index (κ3) is 3.74. The molecule has 21 heavy (non-hydrogen) atoms.